The largest absolute Gasteiger partial charge is 0.586 e. The number of alkyl halides is 2. The van der Waals surface area contributed by atoms with Crippen LogP contribution in [0.1, 0.15) is 5.56 Å². The van der Waals surface area contributed by atoms with Gasteiger partial charge in [-0.25, -0.2) is 4.79 Å². The number of nitrogens with zero attached hydrogens (tertiary/aromatic N) is 1. The van der Waals surface area contributed by atoms with Gasteiger partial charge in [0.1, 0.15) is 13.2 Å². The molecule has 27 heavy (non-hydrogen) atoms. The van der Waals surface area contributed by atoms with Crippen molar-refractivity contribution in [2.45, 2.75) is 12.8 Å². The van der Waals surface area contributed by atoms with Gasteiger partial charge in [0.25, 0.3) is 0 Å². The van der Waals surface area contributed by atoms with E-state index in [1.807, 2.05) is 12.1 Å². The van der Waals surface area contributed by atoms with E-state index in [-0.39, 0.29) is 11.5 Å². The highest BCUT2D eigenvalue weighted by molar-refractivity contribution is 5.89. The first-order chi connectivity index (χ1) is 12.9. The molecule has 1 N–H and O–H groups in total. The molecule has 0 saturated carbocycles. The van der Waals surface area contributed by atoms with Gasteiger partial charge in [0.15, 0.2) is 23.0 Å². The van der Waals surface area contributed by atoms with E-state index in [4.69, 9.17) is 9.47 Å². The first-order valence-corrected chi connectivity index (χ1v) is 8.20. The molecular weight excluding hydrogens is 362 g/mol. The summed E-state index contributed by atoms with van der Waals surface area (Å²) in [5.41, 5.74) is 1.18. The molecule has 0 aliphatic carbocycles. The van der Waals surface area contributed by atoms with Gasteiger partial charge in [0, 0.05) is 25.3 Å². The third-order valence-corrected chi connectivity index (χ3v) is 4.03. The van der Waals surface area contributed by atoms with E-state index >= 15 is 0 Å². The van der Waals surface area contributed by atoms with Crippen LogP contribution in [0.2, 0.25) is 0 Å². The highest BCUT2D eigenvalue weighted by Gasteiger charge is 2.43. The summed E-state index contributed by atoms with van der Waals surface area (Å²) in [7, 11) is 1.62. The van der Waals surface area contributed by atoms with E-state index in [9.17, 15) is 13.6 Å². The number of nitrogens with one attached hydrogen (secondary N) is 1. The van der Waals surface area contributed by atoms with Crippen molar-refractivity contribution in [1.82, 2.24) is 4.90 Å². The van der Waals surface area contributed by atoms with E-state index in [1.54, 1.807) is 13.1 Å². The van der Waals surface area contributed by atoms with E-state index in [0.29, 0.717) is 36.9 Å². The van der Waals surface area contributed by atoms with E-state index in [0.717, 1.165) is 5.56 Å². The van der Waals surface area contributed by atoms with Gasteiger partial charge in [-0.15, -0.1) is 8.78 Å². The monoisotopic (exact) mass is 378 g/mol. The van der Waals surface area contributed by atoms with E-state index in [2.05, 4.69) is 14.8 Å². The summed E-state index contributed by atoms with van der Waals surface area (Å²) in [6, 6.07) is 9.11. The van der Waals surface area contributed by atoms with Crippen molar-refractivity contribution in [2.24, 2.45) is 0 Å². The minimum absolute atomic E-state index is 0.0809. The number of carbonyl (C=O) groups is 1. The predicted molar refractivity (Wildman–Crippen MR) is 90.6 cm³/mol. The molecular formula is C18H16F2N2O5. The zero-order chi connectivity index (χ0) is 19.0. The molecule has 0 unspecified atom stereocenters. The number of benzene rings is 2. The van der Waals surface area contributed by atoms with Crippen molar-refractivity contribution in [1.29, 1.82) is 0 Å². The molecule has 0 bridgehead atoms. The first kappa shape index (κ1) is 17.2. The molecule has 142 valence electrons. The molecule has 2 aromatic rings. The molecule has 2 amide bonds. The van der Waals surface area contributed by atoms with Crippen molar-refractivity contribution in [3.63, 3.8) is 0 Å². The maximum absolute atomic E-state index is 13.1. The van der Waals surface area contributed by atoms with E-state index in [1.165, 1.54) is 23.1 Å². The molecule has 4 rings (SSSR count). The number of rotatable bonds is 3. The van der Waals surface area contributed by atoms with Crippen LogP contribution in [-0.2, 0) is 6.54 Å². The van der Waals surface area contributed by atoms with Crippen molar-refractivity contribution in [2.75, 3.05) is 25.6 Å². The predicted octanol–water partition coefficient (Wildman–Crippen LogP) is 3.44. The zero-order valence-electron chi connectivity index (χ0n) is 14.3. The topological polar surface area (TPSA) is 69.3 Å². The molecule has 7 nitrogen and oxygen atoms in total. The lowest BCUT2D eigenvalue weighted by Gasteiger charge is -2.21. The number of ether oxygens (including phenoxy) is 4. The second-order valence-electron chi connectivity index (χ2n) is 6.09. The fourth-order valence-corrected chi connectivity index (χ4v) is 2.78. The Morgan fingerprint density at radius 3 is 2.56 bits per heavy atom. The molecule has 2 aliphatic heterocycles. The average molecular weight is 378 g/mol. The minimum Gasteiger partial charge on any atom is -0.486 e. The van der Waals surface area contributed by atoms with Gasteiger partial charge in [-0.1, -0.05) is 6.07 Å². The minimum atomic E-state index is -3.69. The van der Waals surface area contributed by atoms with Crippen LogP contribution in [0, 0.1) is 0 Å². The van der Waals surface area contributed by atoms with Crippen LogP contribution in [0.25, 0.3) is 0 Å². The van der Waals surface area contributed by atoms with Gasteiger partial charge in [-0.2, -0.15) is 0 Å². The molecule has 2 aromatic carbocycles. The highest BCUT2D eigenvalue weighted by Crippen LogP contribution is 2.42. The Labute approximate surface area is 153 Å². The summed E-state index contributed by atoms with van der Waals surface area (Å²) < 4.78 is 45.8. The quantitative estimate of drug-likeness (QED) is 0.886. The Kier molecular flexibility index (Phi) is 4.14. The van der Waals surface area contributed by atoms with Crippen LogP contribution in [0.3, 0.4) is 0 Å². The van der Waals surface area contributed by atoms with Crippen LogP contribution in [0.15, 0.2) is 36.4 Å². The van der Waals surface area contributed by atoms with Gasteiger partial charge in [0.2, 0.25) is 0 Å². The van der Waals surface area contributed by atoms with Crippen molar-refractivity contribution in [3.8, 4) is 23.0 Å². The fraction of sp³-hybridized carbons (Fsp3) is 0.278. The smallest absolute Gasteiger partial charge is 0.486 e. The molecule has 0 spiro atoms. The standard InChI is InChI=1S/C18H16F2N2O5/c1-22(10-11-2-4-13-15(8-11)25-7-6-24-13)17(23)21-12-3-5-14-16(9-12)27-18(19,20)26-14/h2-5,8-9H,6-7,10H2,1H3,(H,21,23). The Hall–Kier alpha value is -3.23. The Morgan fingerprint density at radius 2 is 1.74 bits per heavy atom. The normalized spacial score (nSPS) is 16.0. The van der Waals surface area contributed by atoms with Crippen LogP contribution in [0.4, 0.5) is 19.3 Å². The second kappa shape index (κ2) is 6.49. The first-order valence-electron chi connectivity index (χ1n) is 8.20. The number of urea groups is 1. The number of hydrogen-bond acceptors (Lipinski definition) is 5. The Bertz CT molecular complexity index is 890. The summed E-state index contributed by atoms with van der Waals surface area (Å²) in [5.74, 6) is 1.11. The number of hydrogen-bond donors (Lipinski definition) is 1. The number of fused-ring (bicyclic) bond motifs is 2. The highest BCUT2D eigenvalue weighted by atomic mass is 19.3. The average Bonchev–Trinajstić information content (AvgIpc) is 2.94. The molecule has 2 heterocycles. The molecule has 0 atom stereocenters. The summed E-state index contributed by atoms with van der Waals surface area (Å²) in [6.45, 7) is 1.32. The molecule has 0 radical (unpaired) electrons. The molecule has 9 heteroatoms. The van der Waals surface area contributed by atoms with Gasteiger partial charge in [0.05, 0.1) is 0 Å². The number of halogens is 2. The molecule has 0 saturated heterocycles. The summed E-state index contributed by atoms with van der Waals surface area (Å²) in [5, 5.41) is 2.63. The van der Waals surface area contributed by atoms with Gasteiger partial charge in [-0.3, -0.25) is 0 Å². The lowest BCUT2D eigenvalue weighted by Crippen LogP contribution is -2.30. The SMILES string of the molecule is CN(Cc1ccc2c(c1)OCCO2)C(=O)Nc1ccc2c(c1)OC(F)(F)O2. The van der Waals surface area contributed by atoms with Crippen LogP contribution in [0.5, 0.6) is 23.0 Å². The number of anilines is 1. The summed E-state index contributed by atoms with van der Waals surface area (Å²) in [4.78, 5) is 13.8. The Balaban J connectivity index is 1.40. The second-order valence-corrected chi connectivity index (χ2v) is 6.09. The number of carbonyl (C=O) groups excluding carboxylic acids is 1. The van der Waals surface area contributed by atoms with Gasteiger partial charge < -0.3 is 29.2 Å². The van der Waals surface area contributed by atoms with E-state index < -0.39 is 12.3 Å². The van der Waals surface area contributed by atoms with Crippen molar-refractivity contribution in [3.05, 3.63) is 42.0 Å². The Morgan fingerprint density at radius 1 is 1.04 bits per heavy atom. The van der Waals surface area contributed by atoms with Crippen LogP contribution >= 0.6 is 0 Å². The third-order valence-electron chi connectivity index (χ3n) is 4.03. The maximum atomic E-state index is 13.1. The molecule has 0 fully saturated rings. The lowest BCUT2D eigenvalue weighted by molar-refractivity contribution is -0.286. The van der Waals surface area contributed by atoms with Gasteiger partial charge in [-0.05, 0) is 29.8 Å². The van der Waals surface area contributed by atoms with Crippen LogP contribution in [-0.4, -0.2) is 37.5 Å². The zero-order valence-corrected chi connectivity index (χ0v) is 14.3. The number of amides is 2. The van der Waals surface area contributed by atoms with Gasteiger partial charge >= 0.3 is 12.3 Å². The summed E-state index contributed by atoms with van der Waals surface area (Å²) in [6.07, 6.45) is -3.69. The third kappa shape index (κ3) is 3.67. The van der Waals surface area contributed by atoms with Crippen molar-refractivity contribution < 1.29 is 32.5 Å². The maximum Gasteiger partial charge on any atom is 0.586 e. The molecule has 0 aromatic heterocycles. The fourth-order valence-electron chi connectivity index (χ4n) is 2.78. The van der Waals surface area contributed by atoms with Crippen molar-refractivity contribution >= 4 is 11.7 Å². The summed E-state index contributed by atoms with van der Waals surface area (Å²) >= 11 is 0. The molecule has 2 aliphatic rings. The lowest BCUT2D eigenvalue weighted by atomic mass is 10.2. The van der Waals surface area contributed by atoms with Crippen LogP contribution < -0.4 is 24.3 Å².